The van der Waals surface area contributed by atoms with Gasteiger partial charge in [-0.05, 0) is 0 Å². The molecule has 0 atom stereocenters. The Morgan fingerprint density at radius 3 is 2.70 bits per heavy atom. The molecule has 0 amide bonds. The minimum atomic E-state index is -0.656. The maximum absolute atomic E-state index is 14.8. The Bertz CT molecular complexity index is 1470. The standard InChI is InChI=1S/C22H20AsFN8O/c1-29-6-8-31(9-7-29)17-10-16(28-30(17)2)14-12-32(20-13(11-25)4-3-5-15(20)24)22(33)18-19(14)26-27-21(18)23/h3-5,10,12H,6-9H2,1-2H3,(H,26,27). The van der Waals surface area contributed by atoms with E-state index in [0.717, 1.165) is 32.0 Å². The molecule has 1 aliphatic heterocycles. The fraction of sp³-hybridized carbons (Fsp3) is 0.273. The summed E-state index contributed by atoms with van der Waals surface area (Å²) in [4.78, 5) is 17.9. The third kappa shape index (κ3) is 3.54. The van der Waals surface area contributed by atoms with Gasteiger partial charge in [0.1, 0.15) is 0 Å². The Balaban J connectivity index is 1.73. The van der Waals surface area contributed by atoms with Gasteiger partial charge < -0.3 is 0 Å². The molecule has 166 valence electrons. The first kappa shape index (κ1) is 21.4. The van der Waals surface area contributed by atoms with E-state index in [-0.39, 0.29) is 11.3 Å². The second-order valence-corrected chi connectivity index (χ2v) is 9.00. The molecule has 0 spiro atoms. The van der Waals surface area contributed by atoms with Crippen molar-refractivity contribution in [3.8, 4) is 23.0 Å². The van der Waals surface area contributed by atoms with Crippen molar-refractivity contribution in [1.82, 2.24) is 29.4 Å². The molecule has 3 aromatic heterocycles. The predicted molar refractivity (Wildman–Crippen MR) is 124 cm³/mol. The summed E-state index contributed by atoms with van der Waals surface area (Å²) in [6, 6.07) is 8.10. The maximum atomic E-state index is 14.8. The van der Waals surface area contributed by atoms with Crippen LogP contribution < -0.4 is 14.9 Å². The number of pyridine rings is 1. The molecule has 0 saturated carbocycles. The van der Waals surface area contributed by atoms with Crippen LogP contribution in [0.4, 0.5) is 10.2 Å². The third-order valence-electron chi connectivity index (χ3n) is 6.00. The zero-order chi connectivity index (χ0) is 23.3. The molecule has 11 heteroatoms. The molecule has 0 bridgehead atoms. The Kier molecular flexibility index (Phi) is 5.31. The van der Waals surface area contributed by atoms with E-state index in [0.29, 0.717) is 26.6 Å². The topological polar surface area (TPSA) is 98.8 Å². The molecule has 2 radical (unpaired) electrons. The zero-order valence-corrected chi connectivity index (χ0v) is 20.0. The van der Waals surface area contributed by atoms with Gasteiger partial charge in [-0.25, -0.2) is 0 Å². The summed E-state index contributed by atoms with van der Waals surface area (Å²) < 4.78 is 18.3. The summed E-state index contributed by atoms with van der Waals surface area (Å²) in [5, 5.41) is 21.7. The van der Waals surface area contributed by atoms with E-state index in [9.17, 15) is 14.4 Å². The molecule has 4 aromatic rings. The first-order valence-electron chi connectivity index (χ1n) is 10.4. The van der Waals surface area contributed by atoms with Gasteiger partial charge in [-0.3, -0.25) is 0 Å². The number of rotatable bonds is 3. The van der Waals surface area contributed by atoms with Crippen molar-refractivity contribution in [2.45, 2.75) is 0 Å². The molecule has 0 aliphatic carbocycles. The van der Waals surface area contributed by atoms with Gasteiger partial charge in [-0.15, -0.1) is 0 Å². The molecule has 1 N–H and O–H groups in total. The Morgan fingerprint density at radius 2 is 1.97 bits per heavy atom. The van der Waals surface area contributed by atoms with Crippen molar-refractivity contribution in [3.05, 3.63) is 52.2 Å². The number of aryl methyl sites for hydroxylation is 1. The predicted octanol–water partition coefficient (Wildman–Crippen LogP) is 0.671. The van der Waals surface area contributed by atoms with Crippen LogP contribution in [0, 0.1) is 17.1 Å². The summed E-state index contributed by atoms with van der Waals surface area (Å²) in [7, 11) is 3.98. The van der Waals surface area contributed by atoms with Crippen LogP contribution in [-0.2, 0) is 7.05 Å². The SMILES string of the molecule is CN1CCN(c2cc(-c3cn(-c4c(F)cccc4C#N)c(=O)c4c([As])[nH]nc34)nn2C)CC1. The average molecular weight is 506 g/mol. The monoisotopic (exact) mass is 506 g/mol. The molecule has 1 aliphatic rings. The van der Waals surface area contributed by atoms with Gasteiger partial charge in [0.2, 0.25) is 0 Å². The molecule has 0 unspecified atom stereocenters. The number of likely N-dealkylation sites (N-methyl/N-ethyl adjacent to an activating group) is 1. The number of H-pyrrole nitrogens is 1. The Labute approximate surface area is 197 Å². The van der Waals surface area contributed by atoms with E-state index < -0.39 is 11.4 Å². The molecule has 1 fully saturated rings. The molecule has 33 heavy (non-hydrogen) atoms. The molecular formula is C22H20AsFN8O. The summed E-state index contributed by atoms with van der Waals surface area (Å²) in [6.45, 7) is 3.67. The fourth-order valence-corrected chi connectivity index (χ4v) is 4.75. The van der Waals surface area contributed by atoms with Crippen LogP contribution in [0.15, 0.2) is 35.3 Å². The number of anilines is 1. The Hall–Kier alpha value is -3.41. The van der Waals surface area contributed by atoms with Gasteiger partial charge >= 0.3 is 198 Å². The van der Waals surface area contributed by atoms with Gasteiger partial charge in [0, 0.05) is 0 Å². The minimum absolute atomic E-state index is 0.0668. The first-order valence-corrected chi connectivity index (χ1v) is 11.3. The van der Waals surface area contributed by atoms with E-state index in [4.69, 9.17) is 5.10 Å². The van der Waals surface area contributed by atoms with Crippen LogP contribution in [0.5, 0.6) is 0 Å². The average Bonchev–Trinajstić information content (AvgIpc) is 3.38. The van der Waals surface area contributed by atoms with Gasteiger partial charge in [0.25, 0.3) is 0 Å². The number of hydrogen-bond donors (Lipinski definition) is 1. The van der Waals surface area contributed by atoms with Crippen molar-refractivity contribution in [3.63, 3.8) is 0 Å². The van der Waals surface area contributed by atoms with Crippen LogP contribution in [0.1, 0.15) is 5.56 Å². The van der Waals surface area contributed by atoms with Crippen molar-refractivity contribution >= 4 is 38.1 Å². The van der Waals surface area contributed by atoms with E-state index in [2.05, 4.69) is 43.9 Å². The third-order valence-corrected chi connectivity index (χ3v) is 6.68. The van der Waals surface area contributed by atoms with Crippen molar-refractivity contribution in [2.24, 2.45) is 7.05 Å². The number of hydrogen-bond acceptors (Lipinski definition) is 6. The number of nitrogens with one attached hydrogen (secondary N) is 1. The number of fused-ring (bicyclic) bond motifs is 1. The molecule has 9 nitrogen and oxygen atoms in total. The molecule has 4 heterocycles. The second kappa shape index (κ2) is 8.18. The normalized spacial score (nSPS) is 14.7. The quantitative estimate of drug-likeness (QED) is 0.411. The Morgan fingerprint density at radius 1 is 1.21 bits per heavy atom. The van der Waals surface area contributed by atoms with Gasteiger partial charge in [0.15, 0.2) is 0 Å². The number of nitrogens with zero attached hydrogens (tertiary/aromatic N) is 7. The fourth-order valence-electron chi connectivity index (χ4n) is 4.22. The number of aromatic amines is 1. The van der Waals surface area contributed by atoms with Crippen LogP contribution in [-0.4, -0.2) is 79.5 Å². The zero-order valence-electron chi connectivity index (χ0n) is 18.1. The van der Waals surface area contributed by atoms with E-state index >= 15 is 0 Å². The van der Waals surface area contributed by atoms with Crippen molar-refractivity contribution in [1.29, 1.82) is 5.26 Å². The number of piperazine rings is 1. The summed E-state index contributed by atoms with van der Waals surface area (Å²) in [5.41, 5.74) is 1.15. The van der Waals surface area contributed by atoms with Gasteiger partial charge in [0.05, 0.1) is 0 Å². The van der Waals surface area contributed by atoms with Crippen LogP contribution >= 0.6 is 0 Å². The number of nitriles is 1. The first-order chi connectivity index (χ1) is 15.9. The van der Waals surface area contributed by atoms with E-state index in [1.165, 1.54) is 29.0 Å². The summed E-state index contributed by atoms with van der Waals surface area (Å²) in [5.74, 6) is 0.298. The molecule has 1 aromatic carbocycles. The molecular weight excluding hydrogens is 486 g/mol. The number of halogens is 1. The van der Waals surface area contributed by atoms with Crippen molar-refractivity contribution in [2.75, 3.05) is 38.1 Å². The van der Waals surface area contributed by atoms with E-state index in [1.54, 1.807) is 4.68 Å². The molecule has 5 rings (SSSR count). The van der Waals surface area contributed by atoms with E-state index in [1.807, 2.05) is 19.2 Å². The summed E-state index contributed by atoms with van der Waals surface area (Å²) in [6.07, 6.45) is 1.52. The summed E-state index contributed by atoms with van der Waals surface area (Å²) >= 11 is 2.28. The van der Waals surface area contributed by atoms with Gasteiger partial charge in [-0.1, -0.05) is 0 Å². The molecule has 1 saturated heterocycles. The van der Waals surface area contributed by atoms with Gasteiger partial charge in [-0.2, -0.15) is 0 Å². The number of para-hydroxylation sites is 1. The van der Waals surface area contributed by atoms with Crippen molar-refractivity contribution < 1.29 is 4.39 Å². The van der Waals surface area contributed by atoms with Crippen LogP contribution in [0.25, 0.3) is 27.8 Å². The van der Waals surface area contributed by atoms with Crippen LogP contribution in [0.3, 0.4) is 0 Å². The second-order valence-electron chi connectivity index (χ2n) is 8.06. The number of aromatic nitrogens is 5. The number of benzene rings is 1. The van der Waals surface area contributed by atoms with Crippen LogP contribution in [0.2, 0.25) is 0 Å².